The molecule has 56 valence electrons. The van der Waals surface area contributed by atoms with Gasteiger partial charge in [-0.15, -0.1) is 6.58 Å². The van der Waals surface area contributed by atoms with Crippen LogP contribution in [0.2, 0.25) is 0 Å². The molecule has 1 atom stereocenters. The summed E-state index contributed by atoms with van der Waals surface area (Å²) < 4.78 is 5.09. The largest absolute Gasteiger partial charge is 0.373 e. The van der Waals surface area contributed by atoms with Crippen molar-refractivity contribution in [3.05, 3.63) is 24.3 Å². The van der Waals surface area contributed by atoms with Crippen molar-refractivity contribution >= 4 is 0 Å². The second kappa shape index (κ2) is 3.57. The molecule has 0 aliphatic carbocycles. The fourth-order valence-corrected chi connectivity index (χ4v) is 0.913. The van der Waals surface area contributed by atoms with Gasteiger partial charge in [0.1, 0.15) is 0 Å². The summed E-state index contributed by atoms with van der Waals surface area (Å²) in [4.78, 5) is 0. The molecule has 0 unspecified atom stereocenters. The molecule has 1 rings (SSSR count). The molecule has 1 aliphatic rings. The summed E-state index contributed by atoms with van der Waals surface area (Å²) in [5.41, 5.74) is 1.42. The minimum atomic E-state index is 0.529. The monoisotopic (exact) mass is 138 g/mol. The van der Waals surface area contributed by atoms with E-state index >= 15 is 0 Å². The van der Waals surface area contributed by atoms with Crippen molar-refractivity contribution in [2.45, 2.75) is 25.9 Å². The van der Waals surface area contributed by atoms with Gasteiger partial charge in [0.25, 0.3) is 0 Å². The fourth-order valence-electron chi connectivity index (χ4n) is 0.913. The van der Waals surface area contributed by atoms with E-state index < -0.39 is 0 Å². The number of allylic oxidation sites excluding steroid dienone is 2. The highest BCUT2D eigenvalue weighted by atomic mass is 16.6. The van der Waals surface area contributed by atoms with Gasteiger partial charge in [-0.1, -0.05) is 17.7 Å². The Hall–Kier alpha value is -0.560. The second-order valence-electron chi connectivity index (χ2n) is 2.73. The van der Waals surface area contributed by atoms with E-state index in [1.54, 1.807) is 0 Å². The Balaban J connectivity index is 2.16. The lowest BCUT2D eigenvalue weighted by Crippen LogP contribution is -1.85. The molecule has 1 fully saturated rings. The third-order valence-electron chi connectivity index (χ3n) is 1.58. The zero-order valence-corrected chi connectivity index (χ0v) is 6.47. The molecule has 0 amide bonds. The SMILES string of the molecule is C=CC/C=C(\C)C[C@@H]1CO1. The molecule has 0 bridgehead atoms. The van der Waals surface area contributed by atoms with Gasteiger partial charge < -0.3 is 4.74 Å². The zero-order valence-electron chi connectivity index (χ0n) is 6.47. The zero-order chi connectivity index (χ0) is 7.40. The maximum Gasteiger partial charge on any atom is 0.0846 e. The van der Waals surface area contributed by atoms with Crippen LogP contribution in [0.1, 0.15) is 19.8 Å². The third-order valence-corrected chi connectivity index (χ3v) is 1.58. The minimum Gasteiger partial charge on any atom is -0.373 e. The highest BCUT2D eigenvalue weighted by molar-refractivity contribution is 5.03. The van der Waals surface area contributed by atoms with Crippen molar-refractivity contribution in [2.24, 2.45) is 0 Å². The molecule has 0 spiro atoms. The molecule has 10 heavy (non-hydrogen) atoms. The highest BCUT2D eigenvalue weighted by Crippen LogP contribution is 2.18. The molecule has 1 aliphatic heterocycles. The standard InChI is InChI=1S/C9H14O/c1-3-4-5-8(2)6-9-7-10-9/h3,5,9H,1,4,6-7H2,2H3/b8-5+/t9-/m1/s1. The number of rotatable bonds is 4. The molecule has 1 heterocycles. The average molecular weight is 138 g/mol. The summed E-state index contributed by atoms with van der Waals surface area (Å²) in [6.07, 6.45) is 6.74. The van der Waals surface area contributed by atoms with Gasteiger partial charge in [0.05, 0.1) is 12.7 Å². The smallest absolute Gasteiger partial charge is 0.0846 e. The van der Waals surface area contributed by atoms with E-state index in [9.17, 15) is 0 Å². The molecule has 1 saturated heterocycles. The van der Waals surface area contributed by atoms with Crippen molar-refractivity contribution in [1.29, 1.82) is 0 Å². The van der Waals surface area contributed by atoms with Gasteiger partial charge in [-0.05, 0) is 19.8 Å². The van der Waals surface area contributed by atoms with E-state index in [0.717, 1.165) is 19.4 Å². The van der Waals surface area contributed by atoms with Crippen molar-refractivity contribution in [3.8, 4) is 0 Å². The van der Waals surface area contributed by atoms with Gasteiger partial charge in [-0.2, -0.15) is 0 Å². The Morgan fingerprint density at radius 1 is 1.80 bits per heavy atom. The van der Waals surface area contributed by atoms with Crippen molar-refractivity contribution in [2.75, 3.05) is 6.61 Å². The summed E-state index contributed by atoms with van der Waals surface area (Å²) in [6, 6.07) is 0. The Morgan fingerprint density at radius 2 is 2.50 bits per heavy atom. The Labute approximate surface area is 62.4 Å². The van der Waals surface area contributed by atoms with Gasteiger partial charge in [0.2, 0.25) is 0 Å². The molecule has 0 aromatic carbocycles. The molecule has 0 radical (unpaired) electrons. The van der Waals surface area contributed by atoms with Crippen LogP contribution in [-0.2, 0) is 4.74 Å². The van der Waals surface area contributed by atoms with E-state index in [0.29, 0.717) is 6.10 Å². The van der Waals surface area contributed by atoms with Crippen LogP contribution in [0.15, 0.2) is 24.3 Å². The van der Waals surface area contributed by atoms with E-state index in [4.69, 9.17) is 4.74 Å². The highest BCUT2D eigenvalue weighted by Gasteiger charge is 2.21. The Morgan fingerprint density at radius 3 is 3.00 bits per heavy atom. The van der Waals surface area contributed by atoms with Crippen LogP contribution in [0.4, 0.5) is 0 Å². The topological polar surface area (TPSA) is 12.5 Å². The molecule has 0 aromatic heterocycles. The maximum atomic E-state index is 5.09. The first-order valence-corrected chi connectivity index (χ1v) is 3.71. The maximum absolute atomic E-state index is 5.09. The van der Waals surface area contributed by atoms with Crippen LogP contribution in [0.5, 0.6) is 0 Å². The van der Waals surface area contributed by atoms with Gasteiger partial charge in [0.15, 0.2) is 0 Å². The van der Waals surface area contributed by atoms with Gasteiger partial charge in [0, 0.05) is 0 Å². The lowest BCUT2D eigenvalue weighted by atomic mass is 10.1. The van der Waals surface area contributed by atoms with Crippen molar-refractivity contribution < 1.29 is 4.74 Å². The lowest BCUT2D eigenvalue weighted by molar-refractivity contribution is 0.407. The summed E-state index contributed by atoms with van der Waals surface area (Å²) >= 11 is 0. The Kier molecular flexibility index (Phi) is 2.69. The van der Waals surface area contributed by atoms with Crippen LogP contribution >= 0.6 is 0 Å². The normalized spacial score (nSPS) is 24.5. The quantitative estimate of drug-likeness (QED) is 0.429. The van der Waals surface area contributed by atoms with E-state index in [-0.39, 0.29) is 0 Å². The average Bonchev–Trinajstić information content (AvgIpc) is 2.67. The predicted octanol–water partition coefficient (Wildman–Crippen LogP) is 2.30. The predicted molar refractivity (Wildman–Crippen MR) is 42.9 cm³/mol. The molecular formula is C9H14O. The summed E-state index contributed by atoms with van der Waals surface area (Å²) in [6.45, 7) is 6.75. The first-order valence-electron chi connectivity index (χ1n) is 3.71. The number of hydrogen-bond donors (Lipinski definition) is 0. The number of ether oxygens (including phenoxy) is 1. The van der Waals surface area contributed by atoms with E-state index in [1.807, 2.05) is 6.08 Å². The minimum absolute atomic E-state index is 0.529. The third kappa shape index (κ3) is 2.83. The Bertz CT molecular complexity index is 143. The molecule has 1 nitrogen and oxygen atoms in total. The van der Waals surface area contributed by atoms with Crippen molar-refractivity contribution in [3.63, 3.8) is 0 Å². The van der Waals surface area contributed by atoms with Crippen LogP contribution in [0.25, 0.3) is 0 Å². The summed E-state index contributed by atoms with van der Waals surface area (Å²) in [5.74, 6) is 0. The molecule has 0 N–H and O–H groups in total. The second-order valence-corrected chi connectivity index (χ2v) is 2.73. The summed E-state index contributed by atoms with van der Waals surface area (Å²) in [5, 5.41) is 0. The van der Waals surface area contributed by atoms with Gasteiger partial charge >= 0.3 is 0 Å². The van der Waals surface area contributed by atoms with Crippen LogP contribution in [0.3, 0.4) is 0 Å². The van der Waals surface area contributed by atoms with Crippen molar-refractivity contribution in [1.82, 2.24) is 0 Å². The van der Waals surface area contributed by atoms with Gasteiger partial charge in [-0.25, -0.2) is 0 Å². The first kappa shape index (κ1) is 7.55. The number of epoxide rings is 1. The molecule has 0 aromatic rings. The lowest BCUT2D eigenvalue weighted by Gasteiger charge is -1.93. The molecule has 1 heteroatoms. The first-order chi connectivity index (χ1) is 4.83. The molecular weight excluding hydrogens is 124 g/mol. The number of hydrogen-bond acceptors (Lipinski definition) is 1. The summed E-state index contributed by atoms with van der Waals surface area (Å²) in [7, 11) is 0. The fraction of sp³-hybridized carbons (Fsp3) is 0.556. The van der Waals surface area contributed by atoms with E-state index in [1.165, 1.54) is 5.57 Å². The van der Waals surface area contributed by atoms with E-state index in [2.05, 4.69) is 19.6 Å². The van der Waals surface area contributed by atoms with Gasteiger partial charge in [-0.3, -0.25) is 0 Å². The molecule has 0 saturated carbocycles. The van der Waals surface area contributed by atoms with Crippen LogP contribution in [0, 0.1) is 0 Å². The van der Waals surface area contributed by atoms with Crippen LogP contribution < -0.4 is 0 Å². The van der Waals surface area contributed by atoms with Crippen LogP contribution in [-0.4, -0.2) is 12.7 Å².